The third kappa shape index (κ3) is 4.27. The Morgan fingerprint density at radius 1 is 1.23 bits per heavy atom. The Morgan fingerprint density at radius 3 is 2.81 bits per heavy atom. The first-order valence-corrected chi connectivity index (χ1v) is 8.01. The first kappa shape index (κ1) is 17.7. The minimum absolute atomic E-state index is 0.123. The summed E-state index contributed by atoms with van der Waals surface area (Å²) in [6.45, 7) is 1.69. The summed E-state index contributed by atoms with van der Waals surface area (Å²) in [7, 11) is 0. The normalized spacial score (nSPS) is 12.0. The van der Waals surface area contributed by atoms with E-state index in [4.69, 9.17) is 4.52 Å². The van der Waals surface area contributed by atoms with Gasteiger partial charge in [-0.15, -0.1) is 0 Å². The van der Waals surface area contributed by atoms with Crippen molar-refractivity contribution in [1.82, 2.24) is 20.4 Å². The Morgan fingerprint density at radius 2 is 2.08 bits per heavy atom. The third-order valence-corrected chi connectivity index (χ3v) is 3.75. The molecule has 0 bridgehead atoms. The summed E-state index contributed by atoms with van der Waals surface area (Å²) in [5.41, 5.74) is 1.06. The van der Waals surface area contributed by atoms with Crippen molar-refractivity contribution >= 4 is 5.91 Å². The molecular formula is C18H16F2N4O2. The molecule has 0 unspecified atom stereocenters. The average molecular weight is 358 g/mol. The number of amides is 1. The van der Waals surface area contributed by atoms with Gasteiger partial charge in [0.15, 0.2) is 11.6 Å². The molecule has 1 N–H and O–H groups in total. The van der Waals surface area contributed by atoms with Crippen LogP contribution < -0.4 is 5.32 Å². The molecule has 134 valence electrons. The molecule has 0 saturated carbocycles. The van der Waals surface area contributed by atoms with Crippen molar-refractivity contribution in [3.63, 3.8) is 0 Å². The second kappa shape index (κ2) is 7.81. The molecular weight excluding hydrogens is 342 g/mol. The van der Waals surface area contributed by atoms with Crippen molar-refractivity contribution in [2.45, 2.75) is 25.8 Å². The summed E-state index contributed by atoms with van der Waals surface area (Å²) >= 11 is 0. The van der Waals surface area contributed by atoms with Gasteiger partial charge in [0, 0.05) is 19.0 Å². The summed E-state index contributed by atoms with van der Waals surface area (Å²) in [6.07, 6.45) is 2.01. The van der Waals surface area contributed by atoms with Crippen molar-refractivity contribution in [3.05, 3.63) is 65.7 Å². The van der Waals surface area contributed by atoms with Crippen LogP contribution in [0.15, 0.2) is 47.1 Å². The highest BCUT2D eigenvalue weighted by molar-refractivity contribution is 5.76. The number of halogens is 2. The number of nitrogens with one attached hydrogen (secondary N) is 1. The molecule has 0 radical (unpaired) electrons. The van der Waals surface area contributed by atoms with Crippen LogP contribution in [0.3, 0.4) is 0 Å². The minimum atomic E-state index is -0.948. The zero-order valence-electron chi connectivity index (χ0n) is 13.9. The van der Waals surface area contributed by atoms with E-state index in [-0.39, 0.29) is 18.7 Å². The number of hydrogen-bond acceptors (Lipinski definition) is 5. The number of aryl methyl sites for hydroxylation is 1. The monoisotopic (exact) mass is 358 g/mol. The summed E-state index contributed by atoms with van der Waals surface area (Å²) in [5, 5.41) is 6.55. The molecule has 3 rings (SSSR count). The van der Waals surface area contributed by atoms with Gasteiger partial charge in [0.25, 0.3) is 0 Å². The molecule has 0 aliphatic rings. The van der Waals surface area contributed by atoms with Crippen LogP contribution in [0.25, 0.3) is 11.5 Å². The standard InChI is InChI=1S/C18H16F2N4O2/c1-11(12-5-6-13(19)14(20)10-12)22-16(25)7-8-17-23-18(24-26-17)15-4-2-3-9-21-15/h2-6,9-11H,7-8H2,1H3,(H,22,25)/t11-/m1/s1. The number of aromatic nitrogens is 3. The summed E-state index contributed by atoms with van der Waals surface area (Å²) in [6, 6.07) is 8.42. The lowest BCUT2D eigenvalue weighted by molar-refractivity contribution is -0.121. The summed E-state index contributed by atoms with van der Waals surface area (Å²) in [4.78, 5) is 20.4. The Labute approximate surface area is 148 Å². The Bertz CT molecular complexity index is 899. The number of carbonyl (C=O) groups excluding carboxylic acids is 1. The van der Waals surface area contributed by atoms with E-state index in [1.54, 1.807) is 25.3 Å². The summed E-state index contributed by atoms with van der Waals surface area (Å²) < 4.78 is 31.4. The molecule has 0 spiro atoms. The molecule has 0 aliphatic heterocycles. The van der Waals surface area contributed by atoms with Gasteiger partial charge in [0.1, 0.15) is 5.69 Å². The molecule has 1 atom stereocenters. The van der Waals surface area contributed by atoms with E-state index in [0.717, 1.165) is 12.1 Å². The number of hydrogen-bond donors (Lipinski definition) is 1. The van der Waals surface area contributed by atoms with E-state index in [0.29, 0.717) is 23.0 Å². The van der Waals surface area contributed by atoms with Gasteiger partial charge in [-0.1, -0.05) is 17.3 Å². The SMILES string of the molecule is C[C@@H](NC(=O)CCc1nc(-c2ccccn2)no1)c1ccc(F)c(F)c1. The molecule has 1 aromatic carbocycles. The fourth-order valence-electron chi connectivity index (χ4n) is 2.35. The highest BCUT2D eigenvalue weighted by atomic mass is 19.2. The van der Waals surface area contributed by atoms with Gasteiger partial charge in [0.05, 0.1) is 6.04 Å². The molecule has 8 heteroatoms. The zero-order chi connectivity index (χ0) is 18.5. The second-order valence-corrected chi connectivity index (χ2v) is 5.69. The van der Waals surface area contributed by atoms with Crippen LogP contribution in [-0.4, -0.2) is 21.0 Å². The number of rotatable bonds is 6. The Hall–Kier alpha value is -3.16. The largest absolute Gasteiger partial charge is 0.350 e. The van der Waals surface area contributed by atoms with Crippen molar-refractivity contribution in [2.75, 3.05) is 0 Å². The van der Waals surface area contributed by atoms with E-state index >= 15 is 0 Å². The molecule has 6 nitrogen and oxygen atoms in total. The van der Waals surface area contributed by atoms with Gasteiger partial charge >= 0.3 is 0 Å². The maximum absolute atomic E-state index is 13.3. The quantitative estimate of drug-likeness (QED) is 0.732. The van der Waals surface area contributed by atoms with Crippen molar-refractivity contribution in [2.24, 2.45) is 0 Å². The van der Waals surface area contributed by atoms with Crippen LogP contribution in [0.4, 0.5) is 8.78 Å². The van der Waals surface area contributed by atoms with Crippen LogP contribution >= 0.6 is 0 Å². The highest BCUT2D eigenvalue weighted by Gasteiger charge is 2.14. The van der Waals surface area contributed by atoms with Gasteiger partial charge < -0.3 is 9.84 Å². The van der Waals surface area contributed by atoms with Crippen LogP contribution in [0.2, 0.25) is 0 Å². The predicted octanol–water partition coefficient (Wildman–Crippen LogP) is 3.22. The zero-order valence-corrected chi connectivity index (χ0v) is 13.9. The lowest BCUT2D eigenvalue weighted by Gasteiger charge is -2.14. The molecule has 0 aliphatic carbocycles. The Kier molecular flexibility index (Phi) is 5.31. The third-order valence-electron chi connectivity index (χ3n) is 3.75. The molecule has 2 aromatic heterocycles. The van der Waals surface area contributed by atoms with Gasteiger partial charge in [-0.3, -0.25) is 9.78 Å². The number of carbonyl (C=O) groups is 1. The van der Waals surface area contributed by atoms with E-state index in [1.807, 2.05) is 6.07 Å². The predicted molar refractivity (Wildman–Crippen MR) is 88.8 cm³/mol. The van der Waals surface area contributed by atoms with Gasteiger partial charge in [-0.2, -0.15) is 4.98 Å². The first-order chi connectivity index (χ1) is 12.5. The molecule has 2 heterocycles. The topological polar surface area (TPSA) is 80.9 Å². The van der Waals surface area contributed by atoms with Crippen LogP contribution in [0, 0.1) is 11.6 Å². The lowest BCUT2D eigenvalue weighted by atomic mass is 10.1. The minimum Gasteiger partial charge on any atom is -0.350 e. The smallest absolute Gasteiger partial charge is 0.227 e. The maximum Gasteiger partial charge on any atom is 0.227 e. The molecule has 3 aromatic rings. The van der Waals surface area contributed by atoms with Crippen molar-refractivity contribution in [3.8, 4) is 11.5 Å². The molecule has 26 heavy (non-hydrogen) atoms. The fourth-order valence-corrected chi connectivity index (χ4v) is 2.35. The van der Waals surface area contributed by atoms with E-state index < -0.39 is 17.7 Å². The number of benzene rings is 1. The van der Waals surface area contributed by atoms with Crippen LogP contribution in [0.5, 0.6) is 0 Å². The average Bonchev–Trinajstić information content (AvgIpc) is 3.12. The number of pyridine rings is 1. The second-order valence-electron chi connectivity index (χ2n) is 5.69. The van der Waals surface area contributed by atoms with Crippen molar-refractivity contribution in [1.29, 1.82) is 0 Å². The first-order valence-electron chi connectivity index (χ1n) is 8.01. The summed E-state index contributed by atoms with van der Waals surface area (Å²) in [5.74, 6) is -1.46. The van der Waals surface area contributed by atoms with E-state index in [1.165, 1.54) is 6.07 Å². The van der Waals surface area contributed by atoms with Crippen LogP contribution in [-0.2, 0) is 11.2 Å². The van der Waals surface area contributed by atoms with Gasteiger partial charge in [0.2, 0.25) is 17.6 Å². The highest BCUT2D eigenvalue weighted by Crippen LogP contribution is 2.16. The fraction of sp³-hybridized carbons (Fsp3) is 0.222. The van der Waals surface area contributed by atoms with Crippen molar-refractivity contribution < 1.29 is 18.1 Å². The maximum atomic E-state index is 13.3. The lowest BCUT2D eigenvalue weighted by Crippen LogP contribution is -2.27. The Balaban J connectivity index is 1.54. The van der Waals surface area contributed by atoms with Gasteiger partial charge in [-0.25, -0.2) is 8.78 Å². The van der Waals surface area contributed by atoms with Gasteiger partial charge in [-0.05, 0) is 36.8 Å². The molecule has 0 fully saturated rings. The van der Waals surface area contributed by atoms with E-state index in [2.05, 4.69) is 20.4 Å². The van der Waals surface area contributed by atoms with E-state index in [9.17, 15) is 13.6 Å². The molecule has 0 saturated heterocycles. The van der Waals surface area contributed by atoms with Crippen LogP contribution in [0.1, 0.15) is 30.8 Å². The number of nitrogens with zero attached hydrogens (tertiary/aromatic N) is 3. The molecule has 1 amide bonds.